The summed E-state index contributed by atoms with van der Waals surface area (Å²) in [6.45, 7) is 9.05. The first kappa shape index (κ1) is 34.7. The van der Waals surface area contributed by atoms with Gasteiger partial charge in [0.15, 0.2) is 9.84 Å². The minimum absolute atomic E-state index is 0.0578. The number of benzene rings is 2. The van der Waals surface area contributed by atoms with Crippen molar-refractivity contribution < 1.29 is 35.9 Å². The van der Waals surface area contributed by atoms with Gasteiger partial charge in [-0.15, -0.1) is 0 Å². The molecule has 1 saturated heterocycles. The number of halogens is 4. The minimum Gasteiger partial charge on any atom is -0.444 e. The zero-order valence-corrected chi connectivity index (χ0v) is 26.8. The molecule has 2 aromatic rings. The number of hydrogen-bond acceptors (Lipinski definition) is 6. The summed E-state index contributed by atoms with van der Waals surface area (Å²) in [5.41, 5.74) is -1.07. The van der Waals surface area contributed by atoms with Crippen molar-refractivity contribution in [2.24, 2.45) is 0 Å². The molecule has 0 aromatic heterocycles. The van der Waals surface area contributed by atoms with Crippen molar-refractivity contribution in [3.05, 3.63) is 63.2 Å². The molecule has 1 N–H and O–H groups in total. The highest BCUT2D eigenvalue weighted by Gasteiger charge is 2.37. The second-order valence-corrected chi connectivity index (χ2v) is 14.5. The van der Waals surface area contributed by atoms with Gasteiger partial charge in [0, 0.05) is 43.3 Å². The smallest absolute Gasteiger partial charge is 0.416 e. The number of ether oxygens (including phenoxy) is 1. The molecule has 1 heterocycles. The van der Waals surface area contributed by atoms with Gasteiger partial charge in [0.1, 0.15) is 5.60 Å². The van der Waals surface area contributed by atoms with Gasteiger partial charge in [0.2, 0.25) is 0 Å². The van der Waals surface area contributed by atoms with Gasteiger partial charge < -0.3 is 15.0 Å². The van der Waals surface area contributed by atoms with E-state index in [1.54, 1.807) is 51.8 Å². The lowest BCUT2D eigenvalue weighted by molar-refractivity contribution is -0.138. The number of carbonyl (C=O) groups excluding carboxylic acids is 2. The van der Waals surface area contributed by atoms with Gasteiger partial charge >= 0.3 is 12.3 Å². The van der Waals surface area contributed by atoms with Crippen molar-refractivity contribution in [3.63, 3.8) is 0 Å². The minimum atomic E-state index is -4.79. The van der Waals surface area contributed by atoms with Crippen LogP contribution in [0.4, 0.5) is 18.0 Å². The number of sulfone groups is 1. The molecule has 0 bridgehead atoms. The van der Waals surface area contributed by atoms with Crippen LogP contribution in [0.1, 0.15) is 73.1 Å². The summed E-state index contributed by atoms with van der Waals surface area (Å²) >= 11 is 6.40. The summed E-state index contributed by atoms with van der Waals surface area (Å²) in [5, 5.41) is 2.33. The fraction of sp³-hybridized carbons (Fsp3) is 0.533. The molecule has 1 fully saturated rings. The summed E-state index contributed by atoms with van der Waals surface area (Å²) in [4.78, 5) is 28.9. The van der Waals surface area contributed by atoms with Gasteiger partial charge in [-0.25, -0.2) is 13.2 Å². The third-order valence-corrected chi connectivity index (χ3v) is 9.39. The summed E-state index contributed by atoms with van der Waals surface area (Å²) in [5.74, 6) is -0.963. The standard InChI is InChI=1S/C30H39ClF3N3O5S/c1-7-43(40,41)26-11-10-19(2)13-21(26)16-35-27(38)20-14-24(30(32,33)34)23(25(31)15-20)18-37-12-8-9-22(17-37)36(6)28(39)42-29(3,4)5/h10-11,13-15,22H,7-9,12,16-18H2,1-6H3,(H,35,38)/t22-/m0/s1. The van der Waals surface area contributed by atoms with Crippen molar-refractivity contribution in [2.45, 2.75) is 83.3 Å². The molecule has 0 unspecified atom stereocenters. The molecule has 1 atom stereocenters. The van der Waals surface area contributed by atoms with E-state index in [1.165, 1.54) is 24.0 Å². The molecule has 0 aliphatic carbocycles. The topological polar surface area (TPSA) is 96.0 Å². The quantitative estimate of drug-likeness (QED) is 0.366. The van der Waals surface area contributed by atoms with Gasteiger partial charge in [-0.1, -0.05) is 36.2 Å². The molecule has 13 heteroatoms. The maximum atomic E-state index is 14.3. The van der Waals surface area contributed by atoms with Gasteiger partial charge in [-0.05, 0) is 76.4 Å². The number of piperidine rings is 1. The number of likely N-dealkylation sites (N-methyl/N-ethyl adjacent to an activating group) is 1. The average Bonchev–Trinajstić information content (AvgIpc) is 2.90. The normalized spacial score (nSPS) is 16.6. The number of likely N-dealkylation sites (tertiary alicyclic amines) is 1. The number of carbonyl (C=O) groups is 2. The van der Waals surface area contributed by atoms with E-state index in [9.17, 15) is 31.2 Å². The number of nitrogens with one attached hydrogen (secondary N) is 1. The highest BCUT2D eigenvalue weighted by Crippen LogP contribution is 2.37. The van der Waals surface area contributed by atoms with Crippen LogP contribution in [0.3, 0.4) is 0 Å². The molecule has 2 amide bonds. The summed E-state index contributed by atoms with van der Waals surface area (Å²) in [7, 11) is -1.98. The number of aryl methyl sites for hydroxylation is 1. The summed E-state index contributed by atoms with van der Waals surface area (Å²) in [6.07, 6.45) is -3.97. The van der Waals surface area contributed by atoms with Crippen molar-refractivity contribution in [1.29, 1.82) is 0 Å². The van der Waals surface area contributed by atoms with Crippen molar-refractivity contribution >= 4 is 33.4 Å². The van der Waals surface area contributed by atoms with Crippen LogP contribution < -0.4 is 5.32 Å². The van der Waals surface area contributed by atoms with Crippen molar-refractivity contribution in [3.8, 4) is 0 Å². The zero-order valence-electron chi connectivity index (χ0n) is 25.3. The highest BCUT2D eigenvalue weighted by molar-refractivity contribution is 7.91. The van der Waals surface area contributed by atoms with Crippen LogP contribution in [-0.4, -0.2) is 67.8 Å². The van der Waals surface area contributed by atoms with Crippen LogP contribution in [0.2, 0.25) is 5.02 Å². The predicted octanol–water partition coefficient (Wildman–Crippen LogP) is 6.22. The molecule has 0 saturated carbocycles. The molecule has 2 aromatic carbocycles. The van der Waals surface area contributed by atoms with Crippen molar-refractivity contribution in [1.82, 2.24) is 15.1 Å². The van der Waals surface area contributed by atoms with Gasteiger partial charge in [-0.2, -0.15) is 13.2 Å². The molecule has 3 rings (SSSR count). The van der Waals surface area contributed by atoms with Crippen molar-refractivity contribution in [2.75, 3.05) is 25.9 Å². The Balaban J connectivity index is 1.82. The number of nitrogens with zero attached hydrogens (tertiary/aromatic N) is 2. The third-order valence-electron chi connectivity index (χ3n) is 7.23. The Morgan fingerprint density at radius 3 is 2.44 bits per heavy atom. The van der Waals surface area contributed by atoms with E-state index in [0.717, 1.165) is 11.6 Å². The molecular formula is C30H39ClF3N3O5S. The number of amides is 2. The van der Waals surface area contributed by atoms with E-state index in [-0.39, 0.29) is 45.9 Å². The molecule has 0 radical (unpaired) electrons. The Hall–Kier alpha value is -2.83. The second kappa shape index (κ2) is 13.4. The predicted molar refractivity (Wildman–Crippen MR) is 159 cm³/mol. The Morgan fingerprint density at radius 2 is 1.84 bits per heavy atom. The van der Waals surface area contributed by atoms with E-state index >= 15 is 0 Å². The van der Waals surface area contributed by atoms with Crippen LogP contribution in [0.5, 0.6) is 0 Å². The maximum Gasteiger partial charge on any atom is 0.416 e. The van der Waals surface area contributed by atoms with E-state index < -0.39 is 39.2 Å². The van der Waals surface area contributed by atoms with Gasteiger partial charge in [0.25, 0.3) is 5.91 Å². The number of rotatable bonds is 8. The monoisotopic (exact) mass is 645 g/mol. The van der Waals surface area contributed by atoms with E-state index in [0.29, 0.717) is 31.5 Å². The molecule has 0 spiro atoms. The average molecular weight is 646 g/mol. The molecule has 1 aliphatic heterocycles. The second-order valence-electron chi connectivity index (χ2n) is 11.8. The Bertz CT molecular complexity index is 1460. The van der Waals surface area contributed by atoms with Crippen LogP contribution in [0, 0.1) is 6.92 Å². The Morgan fingerprint density at radius 1 is 1.16 bits per heavy atom. The zero-order chi connectivity index (χ0) is 32.3. The molecule has 1 aliphatic rings. The first-order valence-electron chi connectivity index (χ1n) is 14.0. The van der Waals surface area contributed by atoms with Gasteiger partial charge in [-0.3, -0.25) is 9.69 Å². The van der Waals surface area contributed by atoms with E-state index in [1.807, 2.05) is 0 Å². The fourth-order valence-electron chi connectivity index (χ4n) is 4.96. The molecule has 43 heavy (non-hydrogen) atoms. The lowest BCUT2D eigenvalue weighted by Crippen LogP contribution is -2.49. The maximum absolute atomic E-state index is 14.3. The van der Waals surface area contributed by atoms with Crippen LogP contribution >= 0.6 is 11.6 Å². The van der Waals surface area contributed by atoms with E-state index in [4.69, 9.17) is 16.3 Å². The van der Waals surface area contributed by atoms with Crippen LogP contribution in [0.25, 0.3) is 0 Å². The van der Waals surface area contributed by atoms with Crippen LogP contribution in [0.15, 0.2) is 35.2 Å². The molecule has 8 nitrogen and oxygen atoms in total. The Kier molecular flexibility index (Phi) is 10.8. The van der Waals surface area contributed by atoms with E-state index in [2.05, 4.69) is 5.32 Å². The summed E-state index contributed by atoms with van der Waals surface area (Å²) in [6, 6.07) is 6.42. The lowest BCUT2D eigenvalue weighted by atomic mass is 9.99. The third kappa shape index (κ3) is 9.09. The highest BCUT2D eigenvalue weighted by atomic mass is 35.5. The number of hydrogen-bond donors (Lipinski definition) is 1. The van der Waals surface area contributed by atoms with Crippen LogP contribution in [-0.2, 0) is 33.8 Å². The Labute approximate surface area is 256 Å². The largest absolute Gasteiger partial charge is 0.444 e. The first-order chi connectivity index (χ1) is 19.8. The van der Waals surface area contributed by atoms with Gasteiger partial charge in [0.05, 0.1) is 16.2 Å². The first-order valence-corrected chi connectivity index (χ1v) is 16.0. The SMILES string of the molecule is CCS(=O)(=O)c1ccc(C)cc1CNC(=O)c1cc(Cl)c(CN2CCC[C@H](N(C)C(=O)OC(C)(C)C)C2)c(C(F)(F)F)c1. The number of alkyl halides is 3. The fourth-order valence-corrected chi connectivity index (χ4v) is 6.36. The molecular weight excluding hydrogens is 607 g/mol. The lowest BCUT2D eigenvalue weighted by Gasteiger charge is -2.38. The summed E-state index contributed by atoms with van der Waals surface area (Å²) < 4.78 is 73.3. The molecule has 238 valence electrons.